The SMILES string of the molecule is CC(Cl)(C(=O)O)c1ccc2oc3ccccc3c2c1. The number of fused-ring (bicyclic) bond motifs is 3. The molecule has 1 N–H and O–H groups in total. The number of rotatable bonds is 2. The van der Waals surface area contributed by atoms with Crippen LogP contribution in [-0.2, 0) is 9.67 Å². The fourth-order valence-electron chi connectivity index (χ4n) is 2.14. The summed E-state index contributed by atoms with van der Waals surface area (Å²) in [6.07, 6.45) is 0. The second-order valence-electron chi connectivity index (χ2n) is 4.62. The van der Waals surface area contributed by atoms with Crippen molar-refractivity contribution in [1.82, 2.24) is 0 Å². The molecule has 4 heteroatoms. The second kappa shape index (κ2) is 4.00. The maximum atomic E-state index is 11.2. The van der Waals surface area contributed by atoms with Crippen LogP contribution in [-0.4, -0.2) is 11.1 Å². The molecule has 2 aromatic carbocycles. The number of halogens is 1. The summed E-state index contributed by atoms with van der Waals surface area (Å²) in [5.74, 6) is -1.07. The predicted octanol–water partition coefficient (Wildman–Crippen LogP) is 4.12. The molecular weight excluding hydrogens is 264 g/mol. The summed E-state index contributed by atoms with van der Waals surface area (Å²) in [5, 5.41) is 11.0. The van der Waals surface area contributed by atoms with Crippen molar-refractivity contribution < 1.29 is 14.3 Å². The van der Waals surface area contributed by atoms with Gasteiger partial charge in [-0.25, -0.2) is 4.79 Å². The van der Waals surface area contributed by atoms with Crippen molar-refractivity contribution in [1.29, 1.82) is 0 Å². The van der Waals surface area contributed by atoms with E-state index in [4.69, 9.17) is 16.0 Å². The predicted molar refractivity (Wildman–Crippen MR) is 74.6 cm³/mol. The summed E-state index contributed by atoms with van der Waals surface area (Å²) >= 11 is 6.08. The van der Waals surface area contributed by atoms with E-state index in [9.17, 15) is 9.90 Å². The summed E-state index contributed by atoms with van der Waals surface area (Å²) in [5.41, 5.74) is 2.05. The van der Waals surface area contributed by atoms with E-state index in [1.54, 1.807) is 18.2 Å². The highest BCUT2D eigenvalue weighted by Crippen LogP contribution is 2.35. The monoisotopic (exact) mass is 274 g/mol. The van der Waals surface area contributed by atoms with Gasteiger partial charge in [-0.2, -0.15) is 0 Å². The summed E-state index contributed by atoms with van der Waals surface area (Å²) in [6, 6.07) is 12.9. The number of hydrogen-bond acceptors (Lipinski definition) is 2. The maximum Gasteiger partial charge on any atom is 0.329 e. The van der Waals surface area contributed by atoms with Gasteiger partial charge in [-0.3, -0.25) is 0 Å². The molecule has 1 heterocycles. The van der Waals surface area contributed by atoms with Gasteiger partial charge < -0.3 is 9.52 Å². The van der Waals surface area contributed by atoms with Crippen molar-refractivity contribution in [2.75, 3.05) is 0 Å². The van der Waals surface area contributed by atoms with Gasteiger partial charge in [-0.1, -0.05) is 24.3 Å². The lowest BCUT2D eigenvalue weighted by Gasteiger charge is -2.16. The van der Waals surface area contributed by atoms with Gasteiger partial charge in [0.1, 0.15) is 11.2 Å². The smallest absolute Gasteiger partial charge is 0.329 e. The lowest BCUT2D eigenvalue weighted by Crippen LogP contribution is -2.25. The molecule has 0 bridgehead atoms. The summed E-state index contributed by atoms with van der Waals surface area (Å²) in [4.78, 5) is 9.77. The van der Waals surface area contributed by atoms with Gasteiger partial charge >= 0.3 is 5.97 Å². The highest BCUT2D eigenvalue weighted by molar-refractivity contribution is 6.33. The molecule has 0 spiro atoms. The molecule has 1 aromatic heterocycles. The number of carboxylic acids is 1. The van der Waals surface area contributed by atoms with E-state index < -0.39 is 10.8 Å². The van der Waals surface area contributed by atoms with Gasteiger partial charge in [0.05, 0.1) is 0 Å². The molecule has 0 aliphatic heterocycles. The van der Waals surface area contributed by atoms with Crippen LogP contribution in [0.4, 0.5) is 0 Å². The first-order valence-corrected chi connectivity index (χ1v) is 6.22. The molecule has 3 aromatic rings. The van der Waals surface area contributed by atoms with Crippen molar-refractivity contribution in [3.63, 3.8) is 0 Å². The number of alkyl halides is 1. The van der Waals surface area contributed by atoms with E-state index in [1.165, 1.54) is 6.92 Å². The summed E-state index contributed by atoms with van der Waals surface area (Å²) in [6.45, 7) is 1.47. The van der Waals surface area contributed by atoms with Gasteiger partial charge in [-0.15, -0.1) is 11.6 Å². The Bertz CT molecular complexity index is 786. The Morgan fingerprint density at radius 3 is 2.58 bits per heavy atom. The van der Waals surface area contributed by atoms with Crippen LogP contribution in [0.2, 0.25) is 0 Å². The van der Waals surface area contributed by atoms with Crippen LogP contribution in [0.15, 0.2) is 46.9 Å². The number of furan rings is 1. The van der Waals surface area contributed by atoms with Crippen LogP contribution >= 0.6 is 11.6 Å². The second-order valence-corrected chi connectivity index (χ2v) is 5.37. The lowest BCUT2D eigenvalue weighted by atomic mass is 9.98. The van der Waals surface area contributed by atoms with Crippen molar-refractivity contribution in [2.24, 2.45) is 0 Å². The quantitative estimate of drug-likeness (QED) is 0.715. The molecule has 3 nitrogen and oxygen atoms in total. The number of carbonyl (C=O) groups is 1. The standard InChI is InChI=1S/C15H11ClO3/c1-15(16,14(17)18)9-6-7-13-11(8-9)10-4-2-3-5-12(10)19-13/h2-8H,1H3,(H,17,18). The van der Waals surface area contributed by atoms with Gasteiger partial charge in [-0.05, 0) is 30.7 Å². The maximum absolute atomic E-state index is 11.2. The zero-order chi connectivity index (χ0) is 13.6. The molecule has 1 atom stereocenters. The molecular formula is C15H11ClO3. The normalized spacial score (nSPS) is 14.6. The van der Waals surface area contributed by atoms with Crippen LogP contribution < -0.4 is 0 Å². The number of para-hydroxylation sites is 1. The number of hydrogen-bond donors (Lipinski definition) is 1. The number of carboxylic acid groups (broad SMARTS) is 1. The molecule has 0 fully saturated rings. The van der Waals surface area contributed by atoms with Crippen molar-refractivity contribution in [2.45, 2.75) is 11.8 Å². The topological polar surface area (TPSA) is 50.4 Å². The minimum atomic E-state index is -1.44. The lowest BCUT2D eigenvalue weighted by molar-refractivity contribution is -0.139. The van der Waals surface area contributed by atoms with Gasteiger partial charge in [0.2, 0.25) is 0 Å². The molecule has 0 amide bonds. The van der Waals surface area contributed by atoms with Crippen molar-refractivity contribution >= 4 is 39.5 Å². The third-order valence-corrected chi connectivity index (χ3v) is 3.70. The Labute approximate surface area is 114 Å². The minimum Gasteiger partial charge on any atom is -0.480 e. The Hall–Kier alpha value is -2.00. The first-order chi connectivity index (χ1) is 9.00. The fraction of sp³-hybridized carbons (Fsp3) is 0.133. The first-order valence-electron chi connectivity index (χ1n) is 5.84. The van der Waals surface area contributed by atoms with Crippen molar-refractivity contribution in [3.05, 3.63) is 48.0 Å². The highest BCUT2D eigenvalue weighted by Gasteiger charge is 2.32. The average Bonchev–Trinajstić information content (AvgIpc) is 2.76. The molecule has 0 radical (unpaired) electrons. The third-order valence-electron chi connectivity index (χ3n) is 3.32. The number of benzene rings is 2. The highest BCUT2D eigenvalue weighted by atomic mass is 35.5. The van der Waals surface area contributed by atoms with E-state index in [0.717, 1.165) is 21.9 Å². The third kappa shape index (κ3) is 1.78. The van der Waals surface area contributed by atoms with E-state index in [1.807, 2.05) is 24.3 Å². The van der Waals surface area contributed by atoms with Crippen LogP contribution in [0.1, 0.15) is 12.5 Å². The fourth-order valence-corrected chi connectivity index (χ4v) is 2.26. The summed E-state index contributed by atoms with van der Waals surface area (Å²) < 4.78 is 5.69. The largest absolute Gasteiger partial charge is 0.480 e. The molecule has 0 saturated carbocycles. The number of aliphatic carboxylic acids is 1. The van der Waals surface area contributed by atoms with Gasteiger partial charge in [0.25, 0.3) is 0 Å². The zero-order valence-corrected chi connectivity index (χ0v) is 10.9. The Balaban J connectivity index is 2.31. The minimum absolute atomic E-state index is 0.542. The van der Waals surface area contributed by atoms with E-state index in [0.29, 0.717) is 5.56 Å². The molecule has 1 unspecified atom stereocenters. The van der Waals surface area contributed by atoms with E-state index in [-0.39, 0.29) is 0 Å². The Kier molecular flexibility index (Phi) is 2.54. The van der Waals surface area contributed by atoms with Crippen LogP contribution in [0.5, 0.6) is 0 Å². The molecule has 96 valence electrons. The van der Waals surface area contributed by atoms with Crippen LogP contribution in [0.3, 0.4) is 0 Å². The molecule has 0 aliphatic rings. The first kappa shape index (κ1) is 12.1. The Morgan fingerprint density at radius 2 is 1.84 bits per heavy atom. The van der Waals surface area contributed by atoms with Crippen molar-refractivity contribution in [3.8, 4) is 0 Å². The molecule has 19 heavy (non-hydrogen) atoms. The molecule has 3 rings (SSSR count). The van der Waals surface area contributed by atoms with E-state index >= 15 is 0 Å². The summed E-state index contributed by atoms with van der Waals surface area (Å²) in [7, 11) is 0. The van der Waals surface area contributed by atoms with Crippen LogP contribution in [0, 0.1) is 0 Å². The van der Waals surface area contributed by atoms with Crippen LogP contribution in [0.25, 0.3) is 21.9 Å². The van der Waals surface area contributed by atoms with E-state index in [2.05, 4.69) is 0 Å². The average molecular weight is 275 g/mol. The Morgan fingerprint density at radius 1 is 1.16 bits per heavy atom. The zero-order valence-electron chi connectivity index (χ0n) is 10.2. The van der Waals surface area contributed by atoms with Gasteiger partial charge in [0, 0.05) is 10.8 Å². The molecule has 0 saturated heterocycles. The molecule has 0 aliphatic carbocycles. The van der Waals surface area contributed by atoms with Gasteiger partial charge in [0.15, 0.2) is 4.87 Å².